The predicted molar refractivity (Wildman–Crippen MR) is 46.8 cm³/mol. The van der Waals surface area contributed by atoms with Crippen LogP contribution in [0.4, 0.5) is 0 Å². The molecular formula is C10H14O2. The quantitative estimate of drug-likeness (QED) is 0.474. The number of hydrogen-bond acceptors (Lipinski definition) is 2. The second kappa shape index (κ2) is 3.21. The minimum absolute atomic E-state index is 0.00454. The lowest BCUT2D eigenvalue weighted by Gasteiger charge is -2.21. The Morgan fingerprint density at radius 2 is 2.42 bits per heavy atom. The molecule has 0 spiro atoms. The highest BCUT2D eigenvalue weighted by molar-refractivity contribution is 6.07. The first kappa shape index (κ1) is 9.17. The lowest BCUT2D eigenvalue weighted by molar-refractivity contribution is -0.137. The van der Waals surface area contributed by atoms with Crippen LogP contribution < -0.4 is 0 Å². The number of carbonyl (C=O) groups is 2. The van der Waals surface area contributed by atoms with E-state index in [0.29, 0.717) is 19.3 Å². The highest BCUT2D eigenvalue weighted by Crippen LogP contribution is 2.38. The first-order valence-electron chi connectivity index (χ1n) is 4.29. The highest BCUT2D eigenvalue weighted by atomic mass is 16.2. The van der Waals surface area contributed by atoms with E-state index in [1.807, 2.05) is 0 Å². The molecule has 1 fully saturated rings. The van der Waals surface area contributed by atoms with Crippen molar-refractivity contribution in [1.29, 1.82) is 0 Å². The van der Waals surface area contributed by atoms with Gasteiger partial charge in [-0.3, -0.25) is 9.59 Å². The largest absolute Gasteiger partial charge is 0.299 e. The maximum atomic E-state index is 11.5. The van der Waals surface area contributed by atoms with Crippen LogP contribution in [0.3, 0.4) is 0 Å². The van der Waals surface area contributed by atoms with Crippen LogP contribution in [0.5, 0.6) is 0 Å². The van der Waals surface area contributed by atoms with E-state index in [1.54, 1.807) is 6.08 Å². The van der Waals surface area contributed by atoms with Crippen LogP contribution in [-0.2, 0) is 9.59 Å². The zero-order valence-electron chi connectivity index (χ0n) is 7.43. The van der Waals surface area contributed by atoms with E-state index in [9.17, 15) is 9.59 Å². The van der Waals surface area contributed by atoms with Gasteiger partial charge in [-0.1, -0.05) is 6.08 Å². The second-order valence-electron chi connectivity index (χ2n) is 3.41. The monoisotopic (exact) mass is 166 g/mol. The van der Waals surface area contributed by atoms with Gasteiger partial charge in [0.15, 0.2) is 0 Å². The van der Waals surface area contributed by atoms with Crippen molar-refractivity contribution < 1.29 is 9.59 Å². The second-order valence-corrected chi connectivity index (χ2v) is 3.41. The fourth-order valence-corrected chi connectivity index (χ4v) is 1.91. The molecule has 0 aromatic carbocycles. The Labute approximate surface area is 72.7 Å². The number of hydrogen-bond donors (Lipinski definition) is 0. The summed E-state index contributed by atoms with van der Waals surface area (Å²) in [6, 6.07) is 0. The molecule has 0 heterocycles. The van der Waals surface area contributed by atoms with Gasteiger partial charge in [-0.15, -0.1) is 6.58 Å². The molecule has 1 rings (SSSR count). The van der Waals surface area contributed by atoms with E-state index in [0.717, 1.165) is 6.42 Å². The van der Waals surface area contributed by atoms with Gasteiger partial charge in [0.2, 0.25) is 0 Å². The summed E-state index contributed by atoms with van der Waals surface area (Å²) in [5.74, 6) is 0.111. The SMILES string of the molecule is C=CC[C@]1(C(C)=O)CCCC1=O. The molecule has 1 aliphatic carbocycles. The van der Waals surface area contributed by atoms with Crippen LogP contribution in [0, 0.1) is 5.41 Å². The van der Waals surface area contributed by atoms with E-state index in [1.165, 1.54) is 6.92 Å². The lowest BCUT2D eigenvalue weighted by atomic mass is 9.78. The van der Waals surface area contributed by atoms with Crippen molar-refractivity contribution in [3.8, 4) is 0 Å². The summed E-state index contributed by atoms with van der Waals surface area (Å²) in [5.41, 5.74) is -0.693. The fraction of sp³-hybridized carbons (Fsp3) is 0.600. The third kappa shape index (κ3) is 1.22. The van der Waals surface area contributed by atoms with Crippen LogP contribution in [0.2, 0.25) is 0 Å². The summed E-state index contributed by atoms with van der Waals surface area (Å²) in [6.45, 7) is 5.09. The van der Waals surface area contributed by atoms with Crippen molar-refractivity contribution in [3.05, 3.63) is 12.7 Å². The van der Waals surface area contributed by atoms with Gasteiger partial charge in [-0.05, 0) is 26.2 Å². The van der Waals surface area contributed by atoms with Gasteiger partial charge in [0.25, 0.3) is 0 Å². The molecule has 0 radical (unpaired) electrons. The maximum absolute atomic E-state index is 11.5. The van der Waals surface area contributed by atoms with Gasteiger partial charge >= 0.3 is 0 Å². The third-order valence-electron chi connectivity index (χ3n) is 2.71. The first-order valence-corrected chi connectivity index (χ1v) is 4.29. The Morgan fingerprint density at radius 3 is 2.75 bits per heavy atom. The minimum Gasteiger partial charge on any atom is -0.299 e. The topological polar surface area (TPSA) is 34.1 Å². The summed E-state index contributed by atoms with van der Waals surface area (Å²) in [7, 11) is 0. The number of ketones is 2. The van der Waals surface area contributed by atoms with Crippen LogP contribution >= 0.6 is 0 Å². The number of allylic oxidation sites excluding steroid dienone is 1. The van der Waals surface area contributed by atoms with Gasteiger partial charge in [0.1, 0.15) is 11.6 Å². The molecule has 0 unspecified atom stereocenters. The molecule has 1 saturated carbocycles. The van der Waals surface area contributed by atoms with Crippen molar-refractivity contribution in [1.82, 2.24) is 0 Å². The number of Topliss-reactive ketones (excluding diaryl/α,β-unsaturated/α-hetero) is 2. The fourth-order valence-electron chi connectivity index (χ4n) is 1.91. The van der Waals surface area contributed by atoms with Gasteiger partial charge in [0, 0.05) is 6.42 Å². The Bertz CT molecular complexity index is 230. The van der Waals surface area contributed by atoms with Gasteiger partial charge in [0.05, 0.1) is 5.41 Å². The molecule has 0 N–H and O–H groups in total. The zero-order chi connectivity index (χ0) is 9.19. The molecule has 0 aromatic heterocycles. The molecule has 0 aliphatic heterocycles. The van der Waals surface area contributed by atoms with E-state index in [-0.39, 0.29) is 11.6 Å². The molecule has 66 valence electrons. The summed E-state index contributed by atoms with van der Waals surface area (Å²) in [5, 5.41) is 0. The normalized spacial score (nSPS) is 28.9. The molecule has 0 saturated heterocycles. The number of carbonyl (C=O) groups excluding carboxylic acids is 2. The molecule has 1 aliphatic rings. The third-order valence-corrected chi connectivity index (χ3v) is 2.71. The summed E-state index contributed by atoms with van der Waals surface area (Å²) in [6.07, 6.45) is 4.32. The van der Waals surface area contributed by atoms with Crippen LogP contribution in [0.1, 0.15) is 32.6 Å². The molecule has 12 heavy (non-hydrogen) atoms. The Kier molecular flexibility index (Phi) is 2.46. The lowest BCUT2D eigenvalue weighted by Crippen LogP contribution is -2.32. The van der Waals surface area contributed by atoms with Crippen molar-refractivity contribution in [2.75, 3.05) is 0 Å². The minimum atomic E-state index is -0.693. The Hall–Kier alpha value is -0.920. The van der Waals surface area contributed by atoms with Crippen molar-refractivity contribution in [2.45, 2.75) is 32.6 Å². The van der Waals surface area contributed by atoms with E-state index in [4.69, 9.17) is 0 Å². The molecular weight excluding hydrogens is 152 g/mol. The predicted octanol–water partition coefficient (Wildman–Crippen LogP) is 1.89. The van der Waals surface area contributed by atoms with Gasteiger partial charge in [-0.2, -0.15) is 0 Å². The van der Waals surface area contributed by atoms with Crippen molar-refractivity contribution in [3.63, 3.8) is 0 Å². The van der Waals surface area contributed by atoms with Gasteiger partial charge < -0.3 is 0 Å². The zero-order valence-corrected chi connectivity index (χ0v) is 7.43. The standard InChI is InChI=1S/C10H14O2/c1-3-6-10(8(2)11)7-4-5-9(10)12/h3H,1,4-7H2,2H3/t10-/m1/s1. The molecule has 0 bridgehead atoms. The smallest absolute Gasteiger partial charge is 0.146 e. The Morgan fingerprint density at radius 1 is 1.75 bits per heavy atom. The van der Waals surface area contributed by atoms with E-state index >= 15 is 0 Å². The first-order chi connectivity index (χ1) is 5.63. The van der Waals surface area contributed by atoms with Crippen LogP contribution in [0.25, 0.3) is 0 Å². The van der Waals surface area contributed by atoms with E-state index < -0.39 is 5.41 Å². The molecule has 0 amide bonds. The van der Waals surface area contributed by atoms with Crippen molar-refractivity contribution >= 4 is 11.6 Å². The molecule has 2 nitrogen and oxygen atoms in total. The summed E-state index contributed by atoms with van der Waals surface area (Å²) >= 11 is 0. The maximum Gasteiger partial charge on any atom is 0.146 e. The highest BCUT2D eigenvalue weighted by Gasteiger charge is 2.44. The van der Waals surface area contributed by atoms with Crippen molar-refractivity contribution in [2.24, 2.45) is 5.41 Å². The molecule has 0 aromatic rings. The molecule has 1 atom stereocenters. The Balaban J connectivity index is 2.92. The van der Waals surface area contributed by atoms with E-state index in [2.05, 4.69) is 6.58 Å². The average Bonchev–Trinajstić information content (AvgIpc) is 2.34. The summed E-state index contributed by atoms with van der Waals surface area (Å²) in [4.78, 5) is 22.8. The number of rotatable bonds is 3. The van der Waals surface area contributed by atoms with Crippen LogP contribution in [-0.4, -0.2) is 11.6 Å². The average molecular weight is 166 g/mol. The van der Waals surface area contributed by atoms with Gasteiger partial charge in [-0.25, -0.2) is 0 Å². The summed E-state index contributed by atoms with van der Waals surface area (Å²) < 4.78 is 0. The molecule has 2 heteroatoms. The van der Waals surface area contributed by atoms with Crippen LogP contribution in [0.15, 0.2) is 12.7 Å².